The molecule has 0 aliphatic carbocycles. The molecular formula is C15H26N4O. The zero-order valence-electron chi connectivity index (χ0n) is 13.3. The molecule has 0 aliphatic heterocycles. The molecule has 2 N–H and O–H groups in total. The van der Waals surface area contributed by atoms with Crippen LogP contribution >= 0.6 is 0 Å². The molecule has 1 unspecified atom stereocenters. The van der Waals surface area contributed by atoms with Crippen molar-refractivity contribution in [3.63, 3.8) is 0 Å². The van der Waals surface area contributed by atoms with Crippen LogP contribution in [-0.2, 0) is 10.2 Å². The number of aromatic nitrogens is 3. The van der Waals surface area contributed by atoms with Crippen molar-refractivity contribution in [1.29, 1.82) is 0 Å². The first-order valence-corrected chi connectivity index (χ1v) is 7.07. The second-order valence-electron chi connectivity index (χ2n) is 5.30. The highest BCUT2D eigenvalue weighted by Gasteiger charge is 2.27. The second-order valence-corrected chi connectivity index (χ2v) is 5.30. The van der Waals surface area contributed by atoms with Crippen LogP contribution in [0.5, 0.6) is 0 Å². The van der Waals surface area contributed by atoms with Gasteiger partial charge < -0.3 is 10.5 Å². The third-order valence-corrected chi connectivity index (χ3v) is 3.38. The summed E-state index contributed by atoms with van der Waals surface area (Å²) in [5.41, 5.74) is 7.78. The summed E-state index contributed by atoms with van der Waals surface area (Å²) in [5.74, 6) is 0.506. The highest BCUT2D eigenvalue weighted by Crippen LogP contribution is 2.30. The summed E-state index contributed by atoms with van der Waals surface area (Å²) in [6.45, 7) is 10.4. The lowest BCUT2D eigenvalue weighted by atomic mass is 9.84. The molecule has 0 bridgehead atoms. The number of nitrogen functional groups attached to an aromatic ring is 1. The third-order valence-electron chi connectivity index (χ3n) is 3.38. The lowest BCUT2D eigenvalue weighted by molar-refractivity contribution is 0.0917. The predicted molar refractivity (Wildman–Crippen MR) is 82.9 cm³/mol. The van der Waals surface area contributed by atoms with Gasteiger partial charge in [-0.15, -0.1) is 0 Å². The average Bonchev–Trinajstić information content (AvgIpc) is 2.86. The molecule has 0 spiro atoms. The van der Waals surface area contributed by atoms with Crippen LogP contribution in [-0.4, -0.2) is 27.8 Å². The van der Waals surface area contributed by atoms with Gasteiger partial charge in [0.15, 0.2) is 5.82 Å². The molecule has 1 atom stereocenters. The van der Waals surface area contributed by atoms with Crippen molar-refractivity contribution in [2.75, 3.05) is 12.8 Å². The average molecular weight is 278 g/mol. The van der Waals surface area contributed by atoms with E-state index in [-0.39, 0.29) is 11.5 Å². The fourth-order valence-electron chi connectivity index (χ4n) is 2.37. The van der Waals surface area contributed by atoms with E-state index in [9.17, 15) is 0 Å². The summed E-state index contributed by atoms with van der Waals surface area (Å²) in [6, 6.07) is 4.02. The zero-order valence-corrected chi connectivity index (χ0v) is 13.3. The van der Waals surface area contributed by atoms with Gasteiger partial charge >= 0.3 is 0 Å². The Morgan fingerprint density at radius 1 is 1.35 bits per heavy atom. The summed E-state index contributed by atoms with van der Waals surface area (Å²) < 4.78 is 7.22. The Labute approximate surface area is 121 Å². The fourth-order valence-corrected chi connectivity index (χ4v) is 2.37. The van der Waals surface area contributed by atoms with Gasteiger partial charge in [-0.25, -0.2) is 9.50 Å². The van der Waals surface area contributed by atoms with Gasteiger partial charge in [0.1, 0.15) is 11.8 Å². The van der Waals surface area contributed by atoms with Crippen molar-refractivity contribution in [2.45, 2.75) is 52.6 Å². The summed E-state index contributed by atoms with van der Waals surface area (Å²) in [4.78, 5) is 4.00. The highest BCUT2D eigenvalue weighted by molar-refractivity contribution is 5.65. The molecule has 2 rings (SSSR count). The van der Waals surface area contributed by atoms with Gasteiger partial charge in [-0.2, -0.15) is 5.10 Å². The molecule has 0 saturated heterocycles. The molecule has 2 aromatic heterocycles. The van der Waals surface area contributed by atoms with Crippen LogP contribution in [0.2, 0.25) is 0 Å². The number of anilines is 1. The minimum absolute atomic E-state index is 0.0391. The van der Waals surface area contributed by atoms with Crippen molar-refractivity contribution < 1.29 is 4.74 Å². The van der Waals surface area contributed by atoms with E-state index in [0.29, 0.717) is 5.82 Å². The van der Waals surface area contributed by atoms with Crippen LogP contribution in [0.15, 0.2) is 18.5 Å². The van der Waals surface area contributed by atoms with E-state index in [1.54, 1.807) is 7.11 Å². The summed E-state index contributed by atoms with van der Waals surface area (Å²) in [6.07, 6.45) is 2.60. The fraction of sp³-hybridized carbons (Fsp3) is 0.600. The third kappa shape index (κ3) is 3.28. The molecule has 0 aliphatic rings. The Morgan fingerprint density at radius 2 is 2.00 bits per heavy atom. The normalized spacial score (nSPS) is 12.9. The Hall–Kier alpha value is -1.62. The van der Waals surface area contributed by atoms with Crippen LogP contribution in [0.4, 0.5) is 5.82 Å². The van der Waals surface area contributed by atoms with E-state index in [1.807, 2.05) is 24.4 Å². The number of ether oxygens (including phenoxy) is 1. The molecule has 0 aromatic carbocycles. The van der Waals surface area contributed by atoms with E-state index in [1.165, 1.54) is 6.33 Å². The van der Waals surface area contributed by atoms with Crippen LogP contribution in [0.3, 0.4) is 0 Å². The number of hydrogen-bond acceptors (Lipinski definition) is 4. The SMILES string of the molecule is CC.COC(C)CC(C)(C)c1ccc2c(N)ncnn12. The quantitative estimate of drug-likeness (QED) is 0.933. The molecule has 0 saturated carbocycles. The van der Waals surface area contributed by atoms with Gasteiger partial charge in [0, 0.05) is 18.2 Å². The molecule has 2 heterocycles. The first-order chi connectivity index (χ1) is 9.45. The molecular weight excluding hydrogens is 252 g/mol. The topological polar surface area (TPSA) is 65.4 Å². The molecule has 0 fully saturated rings. The Bertz CT molecular complexity index is 548. The summed E-state index contributed by atoms with van der Waals surface area (Å²) in [7, 11) is 1.73. The minimum atomic E-state index is -0.0391. The largest absolute Gasteiger partial charge is 0.382 e. The van der Waals surface area contributed by atoms with E-state index in [0.717, 1.165) is 17.6 Å². The maximum absolute atomic E-state index is 5.84. The van der Waals surface area contributed by atoms with Gasteiger partial charge in [0.05, 0.1) is 6.10 Å². The molecule has 20 heavy (non-hydrogen) atoms. The molecule has 5 nitrogen and oxygen atoms in total. The van der Waals surface area contributed by atoms with Gasteiger partial charge in [-0.05, 0) is 25.5 Å². The molecule has 2 aromatic rings. The Morgan fingerprint density at radius 3 is 2.60 bits per heavy atom. The van der Waals surface area contributed by atoms with Crippen molar-refractivity contribution in [1.82, 2.24) is 14.6 Å². The lowest BCUT2D eigenvalue weighted by Crippen LogP contribution is -2.26. The highest BCUT2D eigenvalue weighted by atomic mass is 16.5. The molecule has 0 radical (unpaired) electrons. The number of fused-ring (bicyclic) bond motifs is 1. The standard InChI is InChI=1S/C13H20N4O.C2H6/c1-9(18-4)7-13(2,3)11-6-5-10-12(14)15-8-16-17(10)11;1-2/h5-6,8-9H,7H2,1-4H3,(H2,14,15,16);1-2H3. The maximum atomic E-state index is 5.84. The van der Waals surface area contributed by atoms with E-state index >= 15 is 0 Å². The van der Waals surface area contributed by atoms with Crippen molar-refractivity contribution >= 4 is 11.3 Å². The van der Waals surface area contributed by atoms with Crippen molar-refractivity contribution in [3.8, 4) is 0 Å². The van der Waals surface area contributed by atoms with Crippen LogP contribution in [0.25, 0.3) is 5.52 Å². The smallest absolute Gasteiger partial charge is 0.151 e. The molecule has 0 amide bonds. The van der Waals surface area contributed by atoms with Gasteiger partial charge in [-0.1, -0.05) is 27.7 Å². The number of methoxy groups -OCH3 is 1. The van der Waals surface area contributed by atoms with Gasteiger partial charge in [0.25, 0.3) is 0 Å². The molecule has 112 valence electrons. The number of nitrogens with zero attached hydrogens (tertiary/aromatic N) is 3. The number of hydrogen-bond donors (Lipinski definition) is 1. The predicted octanol–water partition coefficient (Wildman–Crippen LogP) is 3.04. The first-order valence-electron chi connectivity index (χ1n) is 7.07. The van der Waals surface area contributed by atoms with Crippen LogP contribution < -0.4 is 5.73 Å². The Kier molecular flexibility index (Phi) is 5.51. The summed E-state index contributed by atoms with van der Waals surface area (Å²) >= 11 is 0. The minimum Gasteiger partial charge on any atom is -0.382 e. The lowest BCUT2D eigenvalue weighted by Gasteiger charge is -2.27. The van der Waals surface area contributed by atoms with Crippen LogP contribution in [0.1, 0.15) is 46.7 Å². The van der Waals surface area contributed by atoms with E-state index < -0.39 is 0 Å². The van der Waals surface area contributed by atoms with Crippen molar-refractivity contribution in [3.05, 3.63) is 24.2 Å². The number of nitrogens with two attached hydrogens (primary N) is 1. The van der Waals surface area contributed by atoms with Gasteiger partial charge in [-0.3, -0.25) is 0 Å². The molecule has 5 heteroatoms. The van der Waals surface area contributed by atoms with E-state index in [2.05, 4.69) is 36.9 Å². The number of rotatable bonds is 4. The van der Waals surface area contributed by atoms with Gasteiger partial charge in [0.2, 0.25) is 0 Å². The van der Waals surface area contributed by atoms with E-state index in [4.69, 9.17) is 10.5 Å². The first kappa shape index (κ1) is 16.4. The maximum Gasteiger partial charge on any atom is 0.151 e. The van der Waals surface area contributed by atoms with Crippen LogP contribution in [0, 0.1) is 0 Å². The zero-order chi connectivity index (χ0) is 15.3. The monoisotopic (exact) mass is 278 g/mol. The van der Waals surface area contributed by atoms with Crippen molar-refractivity contribution in [2.24, 2.45) is 0 Å². The Balaban J connectivity index is 0.000000956. The summed E-state index contributed by atoms with van der Waals surface area (Å²) in [5, 5.41) is 4.29. The second kappa shape index (κ2) is 6.70.